The van der Waals surface area contributed by atoms with Crippen LogP contribution >= 0.6 is 11.8 Å². The number of benzene rings is 1. The van der Waals surface area contributed by atoms with E-state index in [9.17, 15) is 0 Å². The van der Waals surface area contributed by atoms with Crippen molar-refractivity contribution in [2.24, 2.45) is 0 Å². The second-order valence-corrected chi connectivity index (χ2v) is 6.50. The maximum Gasteiger partial charge on any atom is 0.144 e. The van der Waals surface area contributed by atoms with Gasteiger partial charge in [-0.15, -0.1) is 11.8 Å². The van der Waals surface area contributed by atoms with E-state index in [4.69, 9.17) is 4.74 Å². The Morgan fingerprint density at radius 1 is 1.24 bits per heavy atom. The number of aromatic amines is 1. The summed E-state index contributed by atoms with van der Waals surface area (Å²) in [6, 6.07) is 4.07. The number of thioether (sulfide) groups is 1. The Labute approximate surface area is 151 Å². The Hall–Kier alpha value is -2.41. The fraction of sp³-hybridized carbons (Fsp3) is 0.333. The molecule has 2 heterocycles. The predicted octanol–water partition coefficient (Wildman–Crippen LogP) is 4.34. The lowest BCUT2D eigenvalue weighted by Crippen LogP contribution is -2.00. The number of rotatable bonds is 6. The highest BCUT2D eigenvalue weighted by Crippen LogP contribution is 2.38. The van der Waals surface area contributed by atoms with Crippen molar-refractivity contribution >= 4 is 40.0 Å². The average molecular weight is 357 g/mol. The number of hydrogen-bond acceptors (Lipinski definition) is 6. The van der Waals surface area contributed by atoms with Gasteiger partial charge in [-0.05, 0) is 31.2 Å². The van der Waals surface area contributed by atoms with Crippen LogP contribution in [-0.2, 0) is 6.42 Å². The van der Waals surface area contributed by atoms with Gasteiger partial charge in [-0.3, -0.25) is 0 Å². The Kier molecular flexibility index (Phi) is 5.03. The van der Waals surface area contributed by atoms with E-state index in [0.29, 0.717) is 0 Å². The molecule has 1 aromatic carbocycles. The van der Waals surface area contributed by atoms with E-state index in [1.54, 1.807) is 25.2 Å². The van der Waals surface area contributed by atoms with Crippen molar-refractivity contribution in [3.8, 4) is 5.75 Å². The van der Waals surface area contributed by atoms with Gasteiger partial charge in [-0.2, -0.15) is 0 Å². The van der Waals surface area contributed by atoms with Crippen molar-refractivity contribution in [2.45, 2.75) is 25.2 Å². The summed E-state index contributed by atoms with van der Waals surface area (Å²) >= 11 is 1.68. The molecule has 0 aliphatic rings. The summed E-state index contributed by atoms with van der Waals surface area (Å²) < 4.78 is 5.57. The smallest absolute Gasteiger partial charge is 0.144 e. The molecule has 0 radical (unpaired) electrons. The fourth-order valence-corrected chi connectivity index (χ4v) is 3.61. The summed E-state index contributed by atoms with van der Waals surface area (Å²) in [5.74, 6) is 1.54. The van der Waals surface area contributed by atoms with E-state index in [1.807, 2.05) is 13.1 Å². The van der Waals surface area contributed by atoms with Crippen LogP contribution in [0.5, 0.6) is 5.75 Å². The van der Waals surface area contributed by atoms with Gasteiger partial charge >= 0.3 is 0 Å². The number of nitrogens with zero attached hydrogens (tertiary/aromatic N) is 2. The van der Waals surface area contributed by atoms with Crippen molar-refractivity contribution in [3.63, 3.8) is 0 Å². The van der Waals surface area contributed by atoms with Crippen LogP contribution in [0.25, 0.3) is 11.0 Å². The van der Waals surface area contributed by atoms with Gasteiger partial charge in [0, 0.05) is 23.7 Å². The molecule has 0 spiro atoms. The number of methoxy groups -OCH3 is 1. The number of ether oxygens (including phenoxy) is 1. The molecule has 3 rings (SSSR count). The first-order chi connectivity index (χ1) is 12.1. The zero-order valence-corrected chi connectivity index (χ0v) is 16.0. The largest absolute Gasteiger partial charge is 0.494 e. The van der Waals surface area contributed by atoms with E-state index in [-0.39, 0.29) is 0 Å². The van der Waals surface area contributed by atoms with E-state index in [2.05, 4.69) is 51.8 Å². The van der Waals surface area contributed by atoms with Gasteiger partial charge in [0.1, 0.15) is 23.5 Å². The molecule has 0 saturated carbocycles. The summed E-state index contributed by atoms with van der Waals surface area (Å²) in [7, 11) is 3.58. The lowest BCUT2D eigenvalue weighted by Gasteiger charge is -2.16. The molecule has 3 N–H and O–H groups in total. The molecule has 0 aliphatic carbocycles. The molecule has 0 aliphatic heterocycles. The summed E-state index contributed by atoms with van der Waals surface area (Å²) in [4.78, 5) is 13.3. The van der Waals surface area contributed by atoms with E-state index in [0.717, 1.165) is 45.3 Å². The quantitative estimate of drug-likeness (QED) is 0.570. The maximum absolute atomic E-state index is 5.57. The molecule has 0 bridgehead atoms. The molecule has 3 aromatic rings. The van der Waals surface area contributed by atoms with Gasteiger partial charge in [0.05, 0.1) is 23.9 Å². The zero-order chi connectivity index (χ0) is 18.0. The number of fused-ring (bicyclic) bond motifs is 1. The second-order valence-electron chi connectivity index (χ2n) is 5.66. The lowest BCUT2D eigenvalue weighted by atomic mass is 10.1. The molecule has 25 heavy (non-hydrogen) atoms. The molecule has 0 atom stereocenters. The minimum absolute atomic E-state index is 0.762. The number of anilines is 3. The predicted molar refractivity (Wildman–Crippen MR) is 106 cm³/mol. The molecule has 0 fully saturated rings. The van der Waals surface area contributed by atoms with Gasteiger partial charge in [0.25, 0.3) is 0 Å². The zero-order valence-electron chi connectivity index (χ0n) is 15.2. The van der Waals surface area contributed by atoms with Gasteiger partial charge in [0.15, 0.2) is 0 Å². The van der Waals surface area contributed by atoms with Crippen molar-refractivity contribution < 1.29 is 4.74 Å². The number of hydrogen-bond donors (Lipinski definition) is 3. The van der Waals surface area contributed by atoms with Crippen LogP contribution in [0.3, 0.4) is 0 Å². The molecule has 2 aromatic heterocycles. The SMILES string of the molecule is CCc1[nH]c2ncnc(Nc3cc(SC)c(NC)cc3OC)c2c1C. The number of aromatic nitrogens is 3. The summed E-state index contributed by atoms with van der Waals surface area (Å²) in [5, 5.41) is 7.65. The van der Waals surface area contributed by atoms with Gasteiger partial charge in [0.2, 0.25) is 0 Å². The number of nitrogens with one attached hydrogen (secondary N) is 3. The average Bonchev–Trinajstić information content (AvgIpc) is 2.98. The minimum atomic E-state index is 0.762. The summed E-state index contributed by atoms with van der Waals surface area (Å²) in [6.45, 7) is 4.23. The minimum Gasteiger partial charge on any atom is -0.494 e. The molecule has 6 nitrogen and oxygen atoms in total. The third-order valence-corrected chi connectivity index (χ3v) is 5.12. The topological polar surface area (TPSA) is 74.9 Å². The van der Waals surface area contributed by atoms with Crippen LogP contribution in [0.2, 0.25) is 0 Å². The molecular weight excluding hydrogens is 334 g/mol. The van der Waals surface area contributed by atoms with Gasteiger partial charge < -0.3 is 20.4 Å². The molecule has 0 saturated heterocycles. The van der Waals surface area contributed by atoms with Crippen LogP contribution in [0.15, 0.2) is 23.4 Å². The standard InChI is InChI=1S/C18H23N5OS/c1-6-11-10(2)16-17(22-11)20-9-21-18(16)23-12-8-15(25-5)13(19-3)7-14(12)24-4/h7-9,19H,6H2,1-5H3,(H2,20,21,22,23). The summed E-state index contributed by atoms with van der Waals surface area (Å²) in [6.07, 6.45) is 4.56. The molecular formula is C18H23N5OS. The Morgan fingerprint density at radius 2 is 2.04 bits per heavy atom. The van der Waals surface area contributed by atoms with Crippen molar-refractivity contribution in [2.75, 3.05) is 31.0 Å². The van der Waals surface area contributed by atoms with Gasteiger partial charge in [-0.1, -0.05) is 6.92 Å². The first kappa shape index (κ1) is 17.4. The third kappa shape index (κ3) is 3.11. The molecule has 7 heteroatoms. The first-order valence-electron chi connectivity index (χ1n) is 8.15. The Bertz CT molecular complexity index is 906. The highest BCUT2D eigenvalue weighted by Gasteiger charge is 2.15. The molecule has 0 unspecified atom stereocenters. The normalized spacial score (nSPS) is 10.9. The fourth-order valence-electron chi connectivity index (χ4n) is 2.99. The highest BCUT2D eigenvalue weighted by atomic mass is 32.2. The van der Waals surface area contributed by atoms with Crippen molar-refractivity contribution in [3.05, 3.63) is 29.7 Å². The second kappa shape index (κ2) is 7.23. The van der Waals surface area contributed by atoms with Crippen LogP contribution in [-0.4, -0.2) is 35.4 Å². The molecule has 132 valence electrons. The van der Waals surface area contributed by atoms with E-state index in [1.165, 1.54) is 11.3 Å². The Balaban J connectivity index is 2.11. The third-order valence-electron chi connectivity index (χ3n) is 4.34. The Morgan fingerprint density at radius 3 is 2.68 bits per heavy atom. The van der Waals surface area contributed by atoms with Gasteiger partial charge in [-0.25, -0.2) is 9.97 Å². The van der Waals surface area contributed by atoms with Crippen molar-refractivity contribution in [1.29, 1.82) is 0 Å². The van der Waals surface area contributed by atoms with Crippen LogP contribution in [0.1, 0.15) is 18.2 Å². The first-order valence-corrected chi connectivity index (χ1v) is 9.38. The highest BCUT2D eigenvalue weighted by molar-refractivity contribution is 7.98. The maximum atomic E-state index is 5.57. The number of aryl methyl sites for hydroxylation is 2. The molecule has 0 amide bonds. The summed E-state index contributed by atoms with van der Waals surface area (Å²) in [5.41, 5.74) is 5.12. The van der Waals surface area contributed by atoms with Crippen LogP contribution in [0.4, 0.5) is 17.2 Å². The van der Waals surface area contributed by atoms with E-state index >= 15 is 0 Å². The van der Waals surface area contributed by atoms with E-state index < -0.39 is 0 Å². The van der Waals surface area contributed by atoms with Crippen LogP contribution < -0.4 is 15.4 Å². The lowest BCUT2D eigenvalue weighted by molar-refractivity contribution is 0.416. The van der Waals surface area contributed by atoms with Crippen LogP contribution in [0, 0.1) is 6.92 Å². The number of H-pyrrole nitrogens is 1. The monoisotopic (exact) mass is 357 g/mol. The van der Waals surface area contributed by atoms with Crippen molar-refractivity contribution in [1.82, 2.24) is 15.0 Å².